The Labute approximate surface area is 134 Å². The Morgan fingerprint density at radius 2 is 1.48 bits per heavy atom. The minimum atomic E-state index is 0.0240. The summed E-state index contributed by atoms with van der Waals surface area (Å²) in [6, 6.07) is 10.7. The number of benzene rings is 2. The van der Waals surface area contributed by atoms with E-state index in [0.717, 1.165) is 16.8 Å². The van der Waals surface area contributed by atoms with Crippen LogP contribution in [0.3, 0.4) is 0 Å². The van der Waals surface area contributed by atoms with Crippen molar-refractivity contribution in [2.75, 3.05) is 5.43 Å². The van der Waals surface area contributed by atoms with Gasteiger partial charge in [-0.25, -0.2) is 0 Å². The van der Waals surface area contributed by atoms with E-state index >= 15 is 0 Å². The molecule has 0 aliphatic rings. The Kier molecular flexibility index (Phi) is 4.70. The second kappa shape index (κ2) is 6.69. The highest BCUT2D eigenvalue weighted by Gasteiger charge is 2.03. The van der Waals surface area contributed by atoms with Gasteiger partial charge in [0.15, 0.2) is 0 Å². The van der Waals surface area contributed by atoms with Gasteiger partial charge in [0.2, 0.25) is 0 Å². The molecule has 2 aromatic rings. The third-order valence-corrected chi connectivity index (χ3v) is 3.37. The molecule has 0 saturated carbocycles. The van der Waals surface area contributed by atoms with Gasteiger partial charge in [-0.3, -0.25) is 16.2 Å². The molecular formula is C16H19N7. The largest absolute Gasteiger partial charge is 0.384 e. The van der Waals surface area contributed by atoms with Crippen molar-refractivity contribution < 1.29 is 0 Å². The van der Waals surface area contributed by atoms with Crippen molar-refractivity contribution in [2.24, 2.45) is 21.8 Å². The fraction of sp³-hybridized carbons (Fsp3) is 0.125. The van der Waals surface area contributed by atoms with E-state index in [1.165, 1.54) is 0 Å². The fourth-order valence-electron chi connectivity index (χ4n) is 2.02. The lowest BCUT2D eigenvalue weighted by Crippen LogP contribution is -2.11. The lowest BCUT2D eigenvalue weighted by molar-refractivity contribution is 1.11. The number of amidine groups is 2. The first kappa shape index (κ1) is 16.2. The zero-order chi connectivity index (χ0) is 17.0. The van der Waals surface area contributed by atoms with Crippen molar-refractivity contribution in [1.29, 1.82) is 10.8 Å². The van der Waals surface area contributed by atoms with Gasteiger partial charge in [0.25, 0.3) is 0 Å². The van der Waals surface area contributed by atoms with Crippen LogP contribution in [0.2, 0.25) is 0 Å². The molecule has 0 aliphatic heterocycles. The summed E-state index contributed by atoms with van der Waals surface area (Å²) in [5.41, 5.74) is 18.4. The monoisotopic (exact) mass is 309 g/mol. The molecule has 0 fully saturated rings. The van der Waals surface area contributed by atoms with E-state index in [1.807, 2.05) is 19.9 Å². The zero-order valence-electron chi connectivity index (χ0n) is 13.0. The fourth-order valence-corrected chi connectivity index (χ4v) is 2.02. The molecule has 0 atom stereocenters. The predicted molar refractivity (Wildman–Crippen MR) is 92.5 cm³/mol. The van der Waals surface area contributed by atoms with Crippen molar-refractivity contribution in [3.05, 3.63) is 58.7 Å². The number of nitrogen functional groups attached to an aromatic ring is 2. The molecule has 0 unspecified atom stereocenters. The Morgan fingerprint density at radius 3 is 2.00 bits per heavy atom. The van der Waals surface area contributed by atoms with Crippen LogP contribution in [0.15, 0.2) is 46.7 Å². The standard InChI is InChI=1S/C16H19N7/c1-9-7-11(15(17)18)3-5-13(9)21-23-22-14-6-4-12(16(19)20)8-10(14)2/h3-8H,1-2H3,(H3,17,18)(H3,19,20)(H,21,22). The summed E-state index contributed by atoms with van der Waals surface area (Å²) in [5, 5.41) is 23.0. The Balaban J connectivity index is 2.13. The second-order valence-corrected chi connectivity index (χ2v) is 5.17. The van der Waals surface area contributed by atoms with E-state index in [0.29, 0.717) is 16.8 Å². The molecule has 118 valence electrons. The molecule has 0 heterocycles. The van der Waals surface area contributed by atoms with Crippen LogP contribution < -0.4 is 16.9 Å². The molecule has 0 spiro atoms. The molecule has 0 saturated heterocycles. The highest BCUT2D eigenvalue weighted by Crippen LogP contribution is 2.21. The maximum absolute atomic E-state index is 7.42. The molecule has 0 aromatic heterocycles. The van der Waals surface area contributed by atoms with Gasteiger partial charge < -0.3 is 11.5 Å². The van der Waals surface area contributed by atoms with Crippen molar-refractivity contribution in [2.45, 2.75) is 13.8 Å². The summed E-state index contributed by atoms with van der Waals surface area (Å²) in [7, 11) is 0. The molecule has 0 bridgehead atoms. The highest BCUT2D eigenvalue weighted by molar-refractivity contribution is 5.96. The van der Waals surface area contributed by atoms with Crippen LogP contribution in [0.5, 0.6) is 0 Å². The smallest absolute Gasteiger partial charge is 0.122 e. The molecule has 0 aliphatic carbocycles. The number of nitrogens with zero attached hydrogens (tertiary/aromatic N) is 2. The highest BCUT2D eigenvalue weighted by atomic mass is 15.4. The van der Waals surface area contributed by atoms with Gasteiger partial charge >= 0.3 is 0 Å². The molecule has 23 heavy (non-hydrogen) atoms. The average Bonchev–Trinajstić information content (AvgIpc) is 2.49. The van der Waals surface area contributed by atoms with Crippen LogP contribution in [0, 0.1) is 24.7 Å². The first-order valence-corrected chi connectivity index (χ1v) is 6.95. The van der Waals surface area contributed by atoms with E-state index in [2.05, 4.69) is 15.8 Å². The quantitative estimate of drug-likeness (QED) is 0.251. The number of anilines is 1. The topological polar surface area (TPSA) is 136 Å². The molecule has 7 heteroatoms. The Hall–Kier alpha value is -3.22. The SMILES string of the molecule is Cc1cc(C(=N)N)ccc1N=NNc1ccc(C(=N)N)cc1C. The van der Waals surface area contributed by atoms with E-state index in [9.17, 15) is 0 Å². The van der Waals surface area contributed by atoms with Crippen molar-refractivity contribution >= 4 is 23.0 Å². The van der Waals surface area contributed by atoms with Gasteiger partial charge in [0.05, 0.1) is 11.4 Å². The molecule has 0 radical (unpaired) electrons. The molecule has 7 nitrogen and oxygen atoms in total. The first-order valence-electron chi connectivity index (χ1n) is 6.95. The number of hydrogen-bond acceptors (Lipinski definition) is 4. The lowest BCUT2D eigenvalue weighted by atomic mass is 10.1. The summed E-state index contributed by atoms with van der Waals surface area (Å²) in [4.78, 5) is 0. The number of hydrogen-bond donors (Lipinski definition) is 5. The van der Waals surface area contributed by atoms with Crippen molar-refractivity contribution in [3.8, 4) is 0 Å². The van der Waals surface area contributed by atoms with E-state index < -0.39 is 0 Å². The van der Waals surface area contributed by atoms with Crippen LogP contribution in [0.25, 0.3) is 0 Å². The number of aryl methyl sites for hydroxylation is 2. The van der Waals surface area contributed by atoms with E-state index in [4.69, 9.17) is 22.3 Å². The van der Waals surface area contributed by atoms with Crippen molar-refractivity contribution in [3.63, 3.8) is 0 Å². The van der Waals surface area contributed by atoms with Crippen LogP contribution in [0.4, 0.5) is 11.4 Å². The molecule has 0 amide bonds. The summed E-state index contributed by atoms with van der Waals surface area (Å²) in [6.45, 7) is 3.78. The summed E-state index contributed by atoms with van der Waals surface area (Å²) < 4.78 is 0. The number of nitrogens with two attached hydrogens (primary N) is 2. The predicted octanol–water partition coefficient (Wildman–Crippen LogP) is 2.98. The summed E-state index contributed by atoms with van der Waals surface area (Å²) >= 11 is 0. The van der Waals surface area contributed by atoms with Crippen LogP contribution >= 0.6 is 0 Å². The maximum atomic E-state index is 7.42. The zero-order valence-corrected chi connectivity index (χ0v) is 13.0. The molecular weight excluding hydrogens is 290 g/mol. The summed E-state index contributed by atoms with van der Waals surface area (Å²) in [5.74, 6) is 0.0540. The van der Waals surface area contributed by atoms with Crippen LogP contribution in [-0.4, -0.2) is 11.7 Å². The van der Waals surface area contributed by atoms with E-state index in [1.54, 1.807) is 30.3 Å². The average molecular weight is 309 g/mol. The van der Waals surface area contributed by atoms with E-state index in [-0.39, 0.29) is 11.7 Å². The Morgan fingerprint density at radius 1 is 0.913 bits per heavy atom. The van der Waals surface area contributed by atoms with Gasteiger partial charge in [-0.15, -0.1) is 5.11 Å². The number of nitrogens with one attached hydrogen (secondary N) is 3. The van der Waals surface area contributed by atoms with Crippen LogP contribution in [-0.2, 0) is 0 Å². The molecule has 2 aromatic carbocycles. The van der Waals surface area contributed by atoms with Gasteiger partial charge in [-0.2, -0.15) is 0 Å². The third-order valence-electron chi connectivity index (χ3n) is 3.37. The first-order chi connectivity index (χ1) is 10.9. The lowest BCUT2D eigenvalue weighted by Gasteiger charge is -2.07. The van der Waals surface area contributed by atoms with Crippen molar-refractivity contribution in [1.82, 2.24) is 0 Å². The number of rotatable bonds is 5. The molecule has 7 N–H and O–H groups in total. The minimum Gasteiger partial charge on any atom is -0.384 e. The molecule has 2 rings (SSSR count). The minimum absolute atomic E-state index is 0.0240. The summed E-state index contributed by atoms with van der Waals surface area (Å²) in [6.07, 6.45) is 0. The van der Waals surface area contributed by atoms with Gasteiger partial charge in [-0.05, 0) is 61.4 Å². The maximum Gasteiger partial charge on any atom is 0.122 e. The van der Waals surface area contributed by atoms with Gasteiger partial charge in [0, 0.05) is 11.1 Å². The van der Waals surface area contributed by atoms with Crippen LogP contribution in [0.1, 0.15) is 22.3 Å². The normalized spacial score (nSPS) is 10.7. The third kappa shape index (κ3) is 3.91. The Bertz CT molecular complexity index is 793. The van der Waals surface area contributed by atoms with Gasteiger partial charge in [0.1, 0.15) is 11.7 Å². The second-order valence-electron chi connectivity index (χ2n) is 5.17. The van der Waals surface area contributed by atoms with Gasteiger partial charge in [-0.1, -0.05) is 5.22 Å².